The van der Waals surface area contributed by atoms with Gasteiger partial charge in [-0.3, -0.25) is 4.79 Å². The maximum absolute atomic E-state index is 12.0. The lowest BCUT2D eigenvalue weighted by atomic mass is 10.2. The highest BCUT2D eigenvalue weighted by atomic mass is 79.9. The van der Waals surface area contributed by atoms with Crippen LogP contribution in [0.1, 0.15) is 22.8 Å². The van der Waals surface area contributed by atoms with Crippen molar-refractivity contribution in [1.82, 2.24) is 5.43 Å². The van der Waals surface area contributed by atoms with Gasteiger partial charge in [-0.15, -0.1) is 0 Å². The first-order valence-corrected chi connectivity index (χ1v) is 7.83. The van der Waals surface area contributed by atoms with E-state index in [4.69, 9.17) is 9.47 Å². The molecule has 2 rings (SSSR count). The second kappa shape index (κ2) is 8.33. The fraction of sp³-hybridized carbons (Fsp3) is 0.176. The second-order valence-electron chi connectivity index (χ2n) is 4.52. The Balaban J connectivity index is 2.06. The summed E-state index contributed by atoms with van der Waals surface area (Å²) in [5.41, 5.74) is 3.81. The third kappa shape index (κ3) is 4.56. The van der Waals surface area contributed by atoms with Crippen molar-refractivity contribution in [2.75, 3.05) is 13.7 Å². The Kier molecular flexibility index (Phi) is 6.17. The van der Waals surface area contributed by atoms with Crippen LogP contribution in [0.4, 0.5) is 0 Å². The molecular weight excluding hydrogens is 360 g/mol. The van der Waals surface area contributed by atoms with Crippen LogP contribution in [-0.4, -0.2) is 25.8 Å². The summed E-state index contributed by atoms with van der Waals surface area (Å²) in [4.78, 5) is 12.0. The summed E-state index contributed by atoms with van der Waals surface area (Å²) < 4.78 is 11.4. The van der Waals surface area contributed by atoms with Gasteiger partial charge in [0.15, 0.2) is 11.5 Å². The van der Waals surface area contributed by atoms with E-state index in [2.05, 4.69) is 26.5 Å². The monoisotopic (exact) mass is 376 g/mol. The Bertz CT molecular complexity index is 717. The number of halogens is 1. The van der Waals surface area contributed by atoms with Gasteiger partial charge < -0.3 is 9.47 Å². The van der Waals surface area contributed by atoms with E-state index in [0.29, 0.717) is 23.7 Å². The summed E-state index contributed by atoms with van der Waals surface area (Å²) in [5.74, 6) is 1.00. The van der Waals surface area contributed by atoms with Crippen molar-refractivity contribution in [3.63, 3.8) is 0 Å². The maximum Gasteiger partial charge on any atom is 0.272 e. The molecule has 0 atom stereocenters. The standard InChI is InChI=1S/C17H17BrN2O3/c1-3-23-15-9-8-12(10-16(15)22-2)11-19-20-17(21)13-6-4-5-7-14(13)18/h4-11H,3H2,1-2H3,(H,20,21). The first-order chi connectivity index (χ1) is 11.2. The minimum absolute atomic E-state index is 0.286. The Labute approximate surface area is 143 Å². The topological polar surface area (TPSA) is 59.9 Å². The van der Waals surface area contributed by atoms with Crippen molar-refractivity contribution in [3.8, 4) is 11.5 Å². The van der Waals surface area contributed by atoms with Crippen molar-refractivity contribution in [2.24, 2.45) is 5.10 Å². The number of hydrogen-bond donors (Lipinski definition) is 1. The van der Waals surface area contributed by atoms with E-state index in [-0.39, 0.29) is 5.91 Å². The first kappa shape index (κ1) is 17.0. The van der Waals surface area contributed by atoms with Gasteiger partial charge in [0.25, 0.3) is 5.91 Å². The summed E-state index contributed by atoms with van der Waals surface area (Å²) >= 11 is 3.33. The molecule has 0 spiro atoms. The molecule has 120 valence electrons. The third-order valence-corrected chi connectivity index (χ3v) is 3.68. The predicted octanol–water partition coefficient (Wildman–Crippen LogP) is 3.62. The van der Waals surface area contributed by atoms with Gasteiger partial charge in [0.1, 0.15) is 0 Å². The number of ether oxygens (including phenoxy) is 2. The normalized spacial score (nSPS) is 10.6. The number of nitrogens with zero attached hydrogens (tertiary/aromatic N) is 1. The van der Waals surface area contributed by atoms with E-state index >= 15 is 0 Å². The van der Waals surface area contributed by atoms with Gasteiger partial charge in [-0.2, -0.15) is 5.10 Å². The number of carbonyl (C=O) groups excluding carboxylic acids is 1. The number of carbonyl (C=O) groups is 1. The summed E-state index contributed by atoms with van der Waals surface area (Å²) in [6.07, 6.45) is 1.55. The van der Waals surface area contributed by atoms with Crippen LogP contribution in [-0.2, 0) is 0 Å². The Morgan fingerprint density at radius 1 is 1.26 bits per heavy atom. The van der Waals surface area contributed by atoms with Crippen LogP contribution >= 0.6 is 15.9 Å². The molecule has 5 nitrogen and oxygen atoms in total. The minimum atomic E-state index is -0.286. The molecule has 0 saturated heterocycles. The Morgan fingerprint density at radius 2 is 2.04 bits per heavy atom. The largest absolute Gasteiger partial charge is 0.493 e. The maximum atomic E-state index is 12.0. The number of rotatable bonds is 6. The molecule has 23 heavy (non-hydrogen) atoms. The zero-order valence-electron chi connectivity index (χ0n) is 12.9. The van der Waals surface area contributed by atoms with E-state index in [1.54, 1.807) is 43.7 Å². The molecule has 1 amide bonds. The van der Waals surface area contributed by atoms with Crippen molar-refractivity contribution < 1.29 is 14.3 Å². The van der Waals surface area contributed by atoms with Crippen LogP contribution in [0.3, 0.4) is 0 Å². The molecule has 0 fully saturated rings. The van der Waals surface area contributed by atoms with Gasteiger partial charge in [0.2, 0.25) is 0 Å². The molecule has 1 N–H and O–H groups in total. The fourth-order valence-corrected chi connectivity index (χ4v) is 2.38. The van der Waals surface area contributed by atoms with Crippen LogP contribution in [0.5, 0.6) is 11.5 Å². The quantitative estimate of drug-likeness (QED) is 0.618. The second-order valence-corrected chi connectivity index (χ2v) is 5.38. The number of amides is 1. The van der Waals surface area contributed by atoms with Gasteiger partial charge in [0, 0.05) is 4.47 Å². The lowest BCUT2D eigenvalue weighted by molar-refractivity contribution is 0.0954. The zero-order valence-corrected chi connectivity index (χ0v) is 14.5. The van der Waals surface area contributed by atoms with E-state index in [1.807, 2.05) is 19.1 Å². The Morgan fingerprint density at radius 3 is 2.74 bits per heavy atom. The van der Waals surface area contributed by atoms with E-state index in [9.17, 15) is 4.79 Å². The van der Waals surface area contributed by atoms with Crippen molar-refractivity contribution >= 4 is 28.1 Å². The van der Waals surface area contributed by atoms with Crippen LogP contribution < -0.4 is 14.9 Å². The van der Waals surface area contributed by atoms with Crippen molar-refractivity contribution in [1.29, 1.82) is 0 Å². The minimum Gasteiger partial charge on any atom is -0.493 e. The van der Waals surface area contributed by atoms with Crippen LogP contribution in [0.15, 0.2) is 52.0 Å². The number of hydrazone groups is 1. The van der Waals surface area contributed by atoms with Gasteiger partial charge >= 0.3 is 0 Å². The smallest absolute Gasteiger partial charge is 0.272 e. The lowest BCUT2D eigenvalue weighted by Crippen LogP contribution is -2.18. The number of benzene rings is 2. The average molecular weight is 377 g/mol. The number of nitrogens with one attached hydrogen (secondary N) is 1. The molecule has 0 saturated carbocycles. The predicted molar refractivity (Wildman–Crippen MR) is 93.4 cm³/mol. The van der Waals surface area contributed by atoms with E-state index in [1.165, 1.54) is 0 Å². The van der Waals surface area contributed by atoms with Crippen LogP contribution in [0.25, 0.3) is 0 Å². The van der Waals surface area contributed by atoms with Crippen molar-refractivity contribution in [2.45, 2.75) is 6.92 Å². The fourth-order valence-electron chi connectivity index (χ4n) is 1.91. The van der Waals surface area contributed by atoms with E-state index < -0.39 is 0 Å². The van der Waals surface area contributed by atoms with Gasteiger partial charge in [-0.1, -0.05) is 12.1 Å². The van der Waals surface area contributed by atoms with E-state index in [0.717, 1.165) is 10.0 Å². The first-order valence-electron chi connectivity index (χ1n) is 7.04. The molecule has 0 aliphatic carbocycles. The van der Waals surface area contributed by atoms with Crippen molar-refractivity contribution in [3.05, 3.63) is 58.1 Å². The van der Waals surface area contributed by atoms with Gasteiger partial charge in [-0.25, -0.2) is 5.43 Å². The summed E-state index contributed by atoms with van der Waals surface area (Å²) in [7, 11) is 1.58. The molecule has 0 unspecified atom stereocenters. The molecule has 2 aromatic rings. The van der Waals surface area contributed by atoms with Crippen LogP contribution in [0.2, 0.25) is 0 Å². The molecule has 0 bridgehead atoms. The highest BCUT2D eigenvalue weighted by molar-refractivity contribution is 9.10. The van der Waals surface area contributed by atoms with Crippen LogP contribution in [0, 0.1) is 0 Å². The molecule has 0 heterocycles. The summed E-state index contributed by atoms with van der Waals surface area (Å²) in [6, 6.07) is 12.6. The molecular formula is C17H17BrN2O3. The zero-order chi connectivity index (χ0) is 16.7. The lowest BCUT2D eigenvalue weighted by Gasteiger charge is -2.09. The third-order valence-electron chi connectivity index (χ3n) is 2.99. The Hall–Kier alpha value is -2.34. The summed E-state index contributed by atoms with van der Waals surface area (Å²) in [5, 5.41) is 3.97. The highest BCUT2D eigenvalue weighted by Crippen LogP contribution is 2.27. The summed E-state index contributed by atoms with van der Waals surface area (Å²) in [6.45, 7) is 2.47. The average Bonchev–Trinajstić information content (AvgIpc) is 2.56. The number of hydrogen-bond acceptors (Lipinski definition) is 4. The molecule has 0 aromatic heterocycles. The molecule has 0 aliphatic heterocycles. The highest BCUT2D eigenvalue weighted by Gasteiger charge is 2.08. The molecule has 0 aliphatic rings. The molecule has 2 aromatic carbocycles. The molecule has 6 heteroatoms. The van der Waals surface area contributed by atoms with Gasteiger partial charge in [0.05, 0.1) is 25.5 Å². The SMILES string of the molecule is CCOc1ccc(C=NNC(=O)c2ccccc2Br)cc1OC. The number of methoxy groups -OCH3 is 1. The molecule has 0 radical (unpaired) electrons. The van der Waals surface area contributed by atoms with Gasteiger partial charge in [-0.05, 0) is 58.7 Å².